The molecule has 1 nitrogen and oxygen atoms in total. The number of aliphatic hydroxyl groups is 1. The van der Waals surface area contributed by atoms with Crippen LogP contribution in [0, 0.1) is 6.92 Å². The van der Waals surface area contributed by atoms with Gasteiger partial charge in [-0.2, -0.15) is 0 Å². The van der Waals surface area contributed by atoms with Gasteiger partial charge in [0, 0.05) is 5.92 Å². The van der Waals surface area contributed by atoms with Gasteiger partial charge in [-0.05, 0) is 18.9 Å². The fraction of sp³-hybridized carbons (Fsp3) is 0.429. The molecule has 0 spiro atoms. The van der Waals surface area contributed by atoms with E-state index >= 15 is 0 Å². The molecule has 1 aromatic carbocycles. The first-order chi connectivity index (χ1) is 7.19. The van der Waals surface area contributed by atoms with Gasteiger partial charge in [0.25, 0.3) is 0 Å². The highest BCUT2D eigenvalue weighted by molar-refractivity contribution is 5.28. The molecule has 0 aliphatic carbocycles. The van der Waals surface area contributed by atoms with Crippen LogP contribution in [0.4, 0.5) is 0 Å². The van der Waals surface area contributed by atoms with Gasteiger partial charge in [-0.1, -0.05) is 49.2 Å². The summed E-state index contributed by atoms with van der Waals surface area (Å²) in [6.45, 7) is 7.95. The van der Waals surface area contributed by atoms with E-state index in [4.69, 9.17) is 0 Å². The zero-order valence-electron chi connectivity index (χ0n) is 9.61. The maximum Gasteiger partial charge on any atom is 0.0643 e. The predicted molar refractivity (Wildman–Crippen MR) is 65.0 cm³/mol. The summed E-state index contributed by atoms with van der Waals surface area (Å²) in [6.07, 6.45) is 3.35. The largest absolute Gasteiger partial charge is 0.392 e. The van der Waals surface area contributed by atoms with Gasteiger partial charge in [0.05, 0.1) is 6.10 Å². The van der Waals surface area contributed by atoms with Crippen molar-refractivity contribution >= 4 is 0 Å². The summed E-state index contributed by atoms with van der Waals surface area (Å²) in [6, 6.07) is 8.29. The molecule has 0 aliphatic rings. The lowest BCUT2D eigenvalue weighted by Crippen LogP contribution is -2.16. The molecule has 0 aromatic heterocycles. The van der Waals surface area contributed by atoms with Crippen molar-refractivity contribution in [3.05, 3.63) is 48.0 Å². The van der Waals surface area contributed by atoms with Crippen molar-refractivity contribution < 1.29 is 5.11 Å². The van der Waals surface area contributed by atoms with Crippen molar-refractivity contribution in [3.63, 3.8) is 0 Å². The minimum Gasteiger partial charge on any atom is -0.392 e. The van der Waals surface area contributed by atoms with Crippen LogP contribution < -0.4 is 0 Å². The molecule has 1 heteroatoms. The lowest BCUT2D eigenvalue weighted by molar-refractivity contribution is 0.148. The number of hydrogen-bond acceptors (Lipinski definition) is 1. The smallest absolute Gasteiger partial charge is 0.0643 e. The number of aliphatic hydroxyl groups excluding tert-OH is 1. The first kappa shape index (κ1) is 12.0. The van der Waals surface area contributed by atoms with Crippen LogP contribution in [-0.2, 0) is 0 Å². The number of rotatable bonds is 5. The average Bonchev–Trinajstić information content (AvgIpc) is 2.22. The average molecular weight is 204 g/mol. The first-order valence-corrected chi connectivity index (χ1v) is 5.56. The van der Waals surface area contributed by atoms with E-state index in [1.54, 1.807) is 0 Å². The SMILES string of the molecule is C=C[C@@H](c1ccc(C)cc1)[C@@H](O)CCC. The minimum absolute atomic E-state index is 0.0607. The number of benzene rings is 1. The Morgan fingerprint density at radius 2 is 1.93 bits per heavy atom. The standard InChI is InChI=1S/C14H20O/c1-4-6-14(15)13(5-2)12-9-7-11(3)8-10-12/h5,7-10,13-15H,2,4,6H2,1,3H3/t13-,14-/m0/s1. The topological polar surface area (TPSA) is 20.2 Å². The molecular formula is C14H20O. The quantitative estimate of drug-likeness (QED) is 0.729. The zero-order chi connectivity index (χ0) is 11.3. The molecule has 1 rings (SSSR count). The summed E-state index contributed by atoms with van der Waals surface area (Å²) in [7, 11) is 0. The third kappa shape index (κ3) is 3.21. The van der Waals surface area contributed by atoms with Gasteiger partial charge < -0.3 is 5.11 Å². The summed E-state index contributed by atoms with van der Waals surface area (Å²) in [5.74, 6) is 0.0607. The highest BCUT2D eigenvalue weighted by Gasteiger charge is 2.16. The molecule has 0 radical (unpaired) electrons. The molecule has 0 amide bonds. The fourth-order valence-corrected chi connectivity index (χ4v) is 1.78. The fourth-order valence-electron chi connectivity index (χ4n) is 1.78. The molecule has 15 heavy (non-hydrogen) atoms. The van der Waals surface area contributed by atoms with E-state index in [0.29, 0.717) is 0 Å². The van der Waals surface area contributed by atoms with E-state index in [0.717, 1.165) is 18.4 Å². The van der Waals surface area contributed by atoms with Crippen molar-refractivity contribution in [1.82, 2.24) is 0 Å². The molecule has 0 bridgehead atoms. The third-order valence-electron chi connectivity index (χ3n) is 2.72. The molecular weight excluding hydrogens is 184 g/mol. The van der Waals surface area contributed by atoms with Gasteiger partial charge in [-0.3, -0.25) is 0 Å². The first-order valence-electron chi connectivity index (χ1n) is 5.56. The van der Waals surface area contributed by atoms with E-state index in [1.807, 2.05) is 6.08 Å². The van der Waals surface area contributed by atoms with Gasteiger partial charge in [-0.25, -0.2) is 0 Å². The second-order valence-corrected chi connectivity index (χ2v) is 4.03. The van der Waals surface area contributed by atoms with E-state index in [1.165, 1.54) is 5.56 Å². The Morgan fingerprint density at radius 1 is 1.33 bits per heavy atom. The van der Waals surface area contributed by atoms with Crippen LogP contribution in [0.25, 0.3) is 0 Å². The van der Waals surface area contributed by atoms with Crippen LogP contribution in [0.2, 0.25) is 0 Å². The molecule has 0 unspecified atom stereocenters. The molecule has 0 heterocycles. The maximum absolute atomic E-state index is 9.96. The van der Waals surface area contributed by atoms with E-state index in [2.05, 4.69) is 44.7 Å². The molecule has 82 valence electrons. The molecule has 0 fully saturated rings. The Hall–Kier alpha value is -1.08. The van der Waals surface area contributed by atoms with Crippen LogP contribution in [0.1, 0.15) is 36.8 Å². The van der Waals surface area contributed by atoms with Gasteiger partial charge in [-0.15, -0.1) is 6.58 Å². The van der Waals surface area contributed by atoms with Crippen molar-refractivity contribution in [3.8, 4) is 0 Å². The monoisotopic (exact) mass is 204 g/mol. The van der Waals surface area contributed by atoms with E-state index in [9.17, 15) is 5.11 Å². The zero-order valence-corrected chi connectivity index (χ0v) is 9.61. The van der Waals surface area contributed by atoms with Crippen LogP contribution in [-0.4, -0.2) is 11.2 Å². The Labute approximate surface area is 92.5 Å². The van der Waals surface area contributed by atoms with Crippen LogP contribution in [0.15, 0.2) is 36.9 Å². The van der Waals surface area contributed by atoms with Gasteiger partial charge in [0.1, 0.15) is 0 Å². The Kier molecular flexibility index (Phi) is 4.57. The second kappa shape index (κ2) is 5.72. The highest BCUT2D eigenvalue weighted by Crippen LogP contribution is 2.23. The van der Waals surface area contributed by atoms with Crippen molar-refractivity contribution in [2.24, 2.45) is 0 Å². The number of aryl methyl sites for hydroxylation is 1. The van der Waals surface area contributed by atoms with Crippen molar-refractivity contribution in [2.75, 3.05) is 0 Å². The van der Waals surface area contributed by atoms with Gasteiger partial charge >= 0.3 is 0 Å². The van der Waals surface area contributed by atoms with E-state index in [-0.39, 0.29) is 12.0 Å². The Bertz CT molecular complexity index is 300. The number of hydrogen-bond donors (Lipinski definition) is 1. The maximum atomic E-state index is 9.96. The van der Waals surface area contributed by atoms with Gasteiger partial charge in [0.2, 0.25) is 0 Å². The van der Waals surface area contributed by atoms with Crippen LogP contribution in [0.3, 0.4) is 0 Å². The summed E-state index contributed by atoms with van der Waals surface area (Å²) in [5.41, 5.74) is 2.39. The summed E-state index contributed by atoms with van der Waals surface area (Å²) in [5, 5.41) is 9.96. The minimum atomic E-state index is -0.310. The summed E-state index contributed by atoms with van der Waals surface area (Å²) < 4.78 is 0. The van der Waals surface area contributed by atoms with Crippen LogP contribution >= 0.6 is 0 Å². The van der Waals surface area contributed by atoms with E-state index < -0.39 is 0 Å². The molecule has 0 saturated carbocycles. The molecule has 1 N–H and O–H groups in total. The molecule has 1 aromatic rings. The van der Waals surface area contributed by atoms with Crippen LogP contribution in [0.5, 0.6) is 0 Å². The summed E-state index contributed by atoms with van der Waals surface area (Å²) >= 11 is 0. The molecule has 0 saturated heterocycles. The Morgan fingerprint density at radius 3 is 2.40 bits per heavy atom. The predicted octanol–water partition coefficient (Wildman–Crippen LogP) is 3.43. The second-order valence-electron chi connectivity index (χ2n) is 4.03. The van der Waals surface area contributed by atoms with Crippen molar-refractivity contribution in [1.29, 1.82) is 0 Å². The molecule has 2 atom stereocenters. The normalized spacial score (nSPS) is 14.6. The Balaban J connectivity index is 2.82. The third-order valence-corrected chi connectivity index (χ3v) is 2.72. The van der Waals surface area contributed by atoms with Crippen molar-refractivity contribution in [2.45, 2.75) is 38.7 Å². The lowest BCUT2D eigenvalue weighted by Gasteiger charge is -2.19. The van der Waals surface area contributed by atoms with Gasteiger partial charge in [0.15, 0.2) is 0 Å². The molecule has 0 aliphatic heterocycles. The summed E-state index contributed by atoms with van der Waals surface area (Å²) in [4.78, 5) is 0. The lowest BCUT2D eigenvalue weighted by atomic mass is 9.90. The highest BCUT2D eigenvalue weighted by atomic mass is 16.3.